The number of benzene rings is 5. The maximum Gasteiger partial charge on any atom is 0.238 e. The molecule has 4 heterocycles. The first kappa shape index (κ1) is 26.3. The molecule has 0 aliphatic carbocycles. The van der Waals surface area contributed by atoms with Crippen molar-refractivity contribution in [1.29, 1.82) is 0 Å². The zero-order chi connectivity index (χ0) is 30.1. The second kappa shape index (κ2) is 10.2. The molecule has 0 saturated carbocycles. The van der Waals surface area contributed by atoms with Gasteiger partial charge in [-0.05, 0) is 55.3 Å². The normalized spacial score (nSPS) is 12.1. The van der Waals surface area contributed by atoms with Crippen molar-refractivity contribution in [2.45, 2.75) is 39.5 Å². The number of para-hydroxylation sites is 2. The lowest BCUT2D eigenvalue weighted by molar-refractivity contribution is 0.738. The van der Waals surface area contributed by atoms with Crippen LogP contribution in [0.2, 0.25) is 0 Å². The smallest absolute Gasteiger partial charge is 0.238 e. The van der Waals surface area contributed by atoms with Crippen LogP contribution in [0, 0.1) is 0 Å². The summed E-state index contributed by atoms with van der Waals surface area (Å²) >= 11 is 1.86. The molecule has 0 fully saturated rings. The summed E-state index contributed by atoms with van der Waals surface area (Å²) in [6.45, 7) is 4.36. The van der Waals surface area contributed by atoms with E-state index in [1.54, 1.807) is 0 Å². The van der Waals surface area contributed by atoms with Crippen LogP contribution in [0.1, 0.15) is 38.3 Å². The highest BCUT2D eigenvalue weighted by molar-refractivity contribution is 7.25. The Morgan fingerprint density at radius 1 is 0.533 bits per heavy atom. The van der Waals surface area contributed by atoms with Crippen LogP contribution in [0.3, 0.4) is 0 Å². The van der Waals surface area contributed by atoms with Gasteiger partial charge in [0.05, 0.1) is 22.1 Å². The number of hydrogen-bond acceptors (Lipinski definition) is 4. The Balaban J connectivity index is 1.42. The number of thiophene rings is 1. The Bertz CT molecular complexity index is 2560. The third kappa shape index (κ3) is 3.95. The van der Waals surface area contributed by atoms with Crippen molar-refractivity contribution in [1.82, 2.24) is 24.1 Å². The molecule has 0 aliphatic heterocycles. The molecule has 0 amide bonds. The summed E-state index contributed by atoms with van der Waals surface area (Å²) in [7, 11) is 0. The van der Waals surface area contributed by atoms with E-state index in [0.29, 0.717) is 5.95 Å². The van der Waals surface area contributed by atoms with Gasteiger partial charge in [-0.25, -0.2) is 4.98 Å². The van der Waals surface area contributed by atoms with Gasteiger partial charge in [-0.15, -0.1) is 11.3 Å². The second-order valence-electron chi connectivity index (χ2n) is 11.8. The van der Waals surface area contributed by atoms with Gasteiger partial charge in [-0.1, -0.05) is 74.5 Å². The molecule has 9 rings (SSSR count). The van der Waals surface area contributed by atoms with Crippen LogP contribution in [0.15, 0.2) is 103 Å². The zero-order valence-corrected chi connectivity index (χ0v) is 26.1. The highest BCUT2D eigenvalue weighted by atomic mass is 32.1. The summed E-state index contributed by atoms with van der Waals surface area (Å²) in [4.78, 5) is 15.0. The van der Waals surface area contributed by atoms with E-state index in [2.05, 4.69) is 126 Å². The number of rotatable bonds is 6. The Labute approximate surface area is 264 Å². The van der Waals surface area contributed by atoms with Crippen LogP contribution in [0.4, 0.5) is 0 Å². The SMILES string of the molecule is CCCc1nc(CCC)nc(-n2c3ccccc3c3ccc4c(c5ccccc5n4-c4ccc5sc6ccccc6c5c4)c32)n1. The number of fused-ring (bicyclic) bond motifs is 10. The zero-order valence-electron chi connectivity index (χ0n) is 25.3. The average Bonchev–Trinajstić information content (AvgIpc) is 3.72. The van der Waals surface area contributed by atoms with E-state index in [-0.39, 0.29) is 0 Å². The second-order valence-corrected chi connectivity index (χ2v) is 12.9. The summed E-state index contributed by atoms with van der Waals surface area (Å²) in [5, 5.41) is 7.44. The molecule has 0 atom stereocenters. The molecule has 0 aliphatic rings. The van der Waals surface area contributed by atoms with Gasteiger partial charge in [0.25, 0.3) is 0 Å². The van der Waals surface area contributed by atoms with Gasteiger partial charge in [0.2, 0.25) is 5.95 Å². The van der Waals surface area contributed by atoms with Crippen molar-refractivity contribution in [3.05, 3.63) is 115 Å². The van der Waals surface area contributed by atoms with E-state index in [4.69, 9.17) is 15.0 Å². The first-order valence-corrected chi connectivity index (χ1v) is 16.7. The molecule has 0 unspecified atom stereocenters. The summed E-state index contributed by atoms with van der Waals surface area (Å²) in [6, 6.07) is 37.6. The average molecular weight is 602 g/mol. The standard InChI is InChI=1S/C39H31N5S/c1-3-11-35-40-36(12-4-2)42-39(41-35)44-30-16-8-5-13-25(30)27-20-21-32-37(38(27)44)28-15-6-9-17-31(28)43(32)24-19-22-34-29(23-24)26-14-7-10-18-33(26)45-34/h5-10,13-23H,3-4,11-12H2,1-2H3. The minimum absolute atomic E-state index is 0.707. The van der Waals surface area contributed by atoms with Crippen LogP contribution in [0.5, 0.6) is 0 Å². The lowest BCUT2D eigenvalue weighted by Crippen LogP contribution is -2.10. The molecule has 9 aromatic rings. The van der Waals surface area contributed by atoms with E-state index < -0.39 is 0 Å². The summed E-state index contributed by atoms with van der Waals surface area (Å²) in [5.74, 6) is 2.43. The first-order chi connectivity index (χ1) is 22.2. The lowest BCUT2D eigenvalue weighted by atomic mass is 10.1. The summed E-state index contributed by atoms with van der Waals surface area (Å²) < 4.78 is 7.35. The highest BCUT2D eigenvalue weighted by Crippen LogP contribution is 2.42. The van der Waals surface area contributed by atoms with Crippen molar-refractivity contribution < 1.29 is 0 Å². The minimum atomic E-state index is 0.707. The molecule has 4 aromatic heterocycles. The van der Waals surface area contributed by atoms with Crippen LogP contribution in [-0.2, 0) is 12.8 Å². The van der Waals surface area contributed by atoms with E-state index in [1.165, 1.54) is 52.8 Å². The number of hydrogen-bond donors (Lipinski definition) is 0. The Morgan fingerprint density at radius 3 is 1.93 bits per heavy atom. The molecule has 5 aromatic carbocycles. The Kier molecular flexibility index (Phi) is 6.00. The van der Waals surface area contributed by atoms with Gasteiger partial charge in [-0.2, -0.15) is 9.97 Å². The van der Waals surface area contributed by atoms with Crippen molar-refractivity contribution in [3.63, 3.8) is 0 Å². The van der Waals surface area contributed by atoms with Crippen LogP contribution in [0.25, 0.3) is 75.4 Å². The number of aromatic nitrogens is 5. The largest absolute Gasteiger partial charge is 0.309 e. The fourth-order valence-electron chi connectivity index (χ4n) is 7.07. The van der Waals surface area contributed by atoms with Crippen molar-refractivity contribution in [3.8, 4) is 11.6 Å². The molecule has 45 heavy (non-hydrogen) atoms. The molecule has 5 nitrogen and oxygen atoms in total. The van der Waals surface area contributed by atoms with Crippen LogP contribution in [-0.4, -0.2) is 24.1 Å². The third-order valence-electron chi connectivity index (χ3n) is 8.95. The fraction of sp³-hybridized carbons (Fsp3) is 0.154. The number of nitrogens with zero attached hydrogens (tertiary/aromatic N) is 5. The molecule has 0 spiro atoms. The quantitative estimate of drug-likeness (QED) is 0.191. The topological polar surface area (TPSA) is 48.5 Å². The van der Waals surface area contributed by atoms with E-state index in [1.807, 2.05) is 11.3 Å². The van der Waals surface area contributed by atoms with Crippen molar-refractivity contribution in [2.24, 2.45) is 0 Å². The fourth-order valence-corrected chi connectivity index (χ4v) is 8.16. The molecular weight excluding hydrogens is 571 g/mol. The monoisotopic (exact) mass is 601 g/mol. The van der Waals surface area contributed by atoms with Gasteiger partial charge >= 0.3 is 0 Å². The van der Waals surface area contributed by atoms with Crippen LogP contribution >= 0.6 is 11.3 Å². The summed E-state index contributed by atoms with van der Waals surface area (Å²) in [5.41, 5.74) is 5.77. The van der Waals surface area contributed by atoms with Gasteiger partial charge in [-0.3, -0.25) is 4.57 Å². The van der Waals surface area contributed by atoms with Gasteiger partial charge in [0.15, 0.2) is 0 Å². The van der Waals surface area contributed by atoms with E-state index >= 15 is 0 Å². The molecule has 0 N–H and O–H groups in total. The summed E-state index contributed by atoms with van der Waals surface area (Å²) in [6.07, 6.45) is 3.64. The molecule has 0 bridgehead atoms. The van der Waals surface area contributed by atoms with Crippen molar-refractivity contribution in [2.75, 3.05) is 0 Å². The lowest BCUT2D eigenvalue weighted by Gasteiger charge is -2.11. The van der Waals surface area contributed by atoms with Crippen LogP contribution < -0.4 is 0 Å². The first-order valence-electron chi connectivity index (χ1n) is 15.8. The predicted molar refractivity (Wildman–Crippen MR) is 189 cm³/mol. The predicted octanol–water partition coefficient (Wildman–Crippen LogP) is 10.3. The highest BCUT2D eigenvalue weighted by Gasteiger charge is 2.22. The molecule has 0 radical (unpaired) electrons. The van der Waals surface area contributed by atoms with Gasteiger partial charge < -0.3 is 4.57 Å². The maximum atomic E-state index is 5.09. The molecular formula is C39H31N5S. The maximum absolute atomic E-state index is 5.09. The molecule has 6 heteroatoms. The third-order valence-corrected chi connectivity index (χ3v) is 10.1. The molecule has 0 saturated heterocycles. The Hall–Kier alpha value is -5.07. The van der Waals surface area contributed by atoms with E-state index in [0.717, 1.165) is 54.1 Å². The minimum Gasteiger partial charge on any atom is -0.309 e. The van der Waals surface area contributed by atoms with E-state index in [9.17, 15) is 0 Å². The van der Waals surface area contributed by atoms with Gasteiger partial charge in [0, 0.05) is 60.2 Å². The molecule has 218 valence electrons. The number of aryl methyl sites for hydroxylation is 2. The van der Waals surface area contributed by atoms with Gasteiger partial charge in [0.1, 0.15) is 11.6 Å². The Morgan fingerprint density at radius 2 is 1.18 bits per heavy atom. The van der Waals surface area contributed by atoms with Crippen molar-refractivity contribution >= 4 is 75.1 Å².